The van der Waals surface area contributed by atoms with Gasteiger partial charge in [0, 0.05) is 24.6 Å². The molecule has 2 atom stereocenters. The zero-order chi connectivity index (χ0) is 14.2. The van der Waals surface area contributed by atoms with Crippen LogP contribution in [0.15, 0.2) is 18.2 Å². The fourth-order valence-corrected chi connectivity index (χ4v) is 3.66. The number of likely N-dealkylation sites (tertiary alicyclic amines) is 1. The van der Waals surface area contributed by atoms with E-state index in [1.54, 1.807) is 0 Å². The molecule has 3 rings (SSSR count). The van der Waals surface area contributed by atoms with Crippen LogP contribution in [0.4, 0.5) is 0 Å². The Morgan fingerprint density at radius 3 is 2.95 bits per heavy atom. The van der Waals surface area contributed by atoms with Crippen molar-refractivity contribution in [3.8, 4) is 5.75 Å². The Morgan fingerprint density at radius 2 is 2.15 bits per heavy atom. The minimum atomic E-state index is 0.0285. The SMILES string of the molecule is CNC1CC2(CCCN(C)CC2)Oc2ccc(C)cc21. The fraction of sp³-hybridized carbons (Fsp3) is 0.647. The summed E-state index contributed by atoms with van der Waals surface area (Å²) in [7, 11) is 4.29. The number of aryl methyl sites for hydroxylation is 1. The van der Waals surface area contributed by atoms with Crippen LogP contribution in [0, 0.1) is 6.92 Å². The molecule has 0 aliphatic carbocycles. The first-order valence-corrected chi connectivity index (χ1v) is 7.77. The van der Waals surface area contributed by atoms with Gasteiger partial charge >= 0.3 is 0 Å². The molecule has 0 amide bonds. The molecule has 20 heavy (non-hydrogen) atoms. The maximum absolute atomic E-state index is 6.51. The number of nitrogens with zero attached hydrogens (tertiary/aromatic N) is 1. The molecule has 0 saturated carbocycles. The summed E-state index contributed by atoms with van der Waals surface area (Å²) in [6.45, 7) is 4.48. The molecule has 1 fully saturated rings. The molecule has 1 N–H and O–H groups in total. The predicted molar refractivity (Wildman–Crippen MR) is 82.3 cm³/mol. The highest BCUT2D eigenvalue weighted by molar-refractivity contribution is 5.41. The molecule has 1 aromatic rings. The van der Waals surface area contributed by atoms with Crippen molar-refractivity contribution in [2.75, 3.05) is 27.2 Å². The van der Waals surface area contributed by atoms with Crippen LogP contribution in [0.25, 0.3) is 0 Å². The molecule has 1 saturated heterocycles. The van der Waals surface area contributed by atoms with Crippen molar-refractivity contribution in [3.05, 3.63) is 29.3 Å². The topological polar surface area (TPSA) is 24.5 Å². The van der Waals surface area contributed by atoms with E-state index in [1.807, 2.05) is 0 Å². The molecule has 0 bridgehead atoms. The molecule has 3 heteroatoms. The highest BCUT2D eigenvalue weighted by Crippen LogP contribution is 2.44. The number of hydrogen-bond acceptors (Lipinski definition) is 3. The summed E-state index contributed by atoms with van der Waals surface area (Å²) in [5.74, 6) is 1.09. The number of benzene rings is 1. The molecule has 2 unspecified atom stereocenters. The largest absolute Gasteiger partial charge is 0.487 e. The molecular formula is C17H26N2O. The summed E-state index contributed by atoms with van der Waals surface area (Å²) < 4.78 is 6.51. The minimum Gasteiger partial charge on any atom is -0.487 e. The molecule has 3 nitrogen and oxygen atoms in total. The van der Waals surface area contributed by atoms with Crippen LogP contribution in [0.2, 0.25) is 0 Å². The van der Waals surface area contributed by atoms with Crippen molar-refractivity contribution >= 4 is 0 Å². The van der Waals surface area contributed by atoms with E-state index < -0.39 is 0 Å². The molecule has 2 aliphatic heterocycles. The lowest BCUT2D eigenvalue weighted by Gasteiger charge is -2.42. The van der Waals surface area contributed by atoms with E-state index in [1.165, 1.54) is 30.5 Å². The normalized spacial score (nSPS) is 30.6. The average molecular weight is 274 g/mol. The van der Waals surface area contributed by atoms with Gasteiger partial charge in [-0.3, -0.25) is 0 Å². The predicted octanol–water partition coefficient (Wildman–Crippen LogP) is 2.89. The van der Waals surface area contributed by atoms with Crippen molar-refractivity contribution < 1.29 is 4.74 Å². The molecule has 0 radical (unpaired) electrons. The number of nitrogens with one attached hydrogen (secondary N) is 1. The van der Waals surface area contributed by atoms with Crippen molar-refractivity contribution in [1.82, 2.24) is 10.2 Å². The third-order valence-corrected chi connectivity index (χ3v) is 4.91. The van der Waals surface area contributed by atoms with Crippen molar-refractivity contribution in [2.24, 2.45) is 0 Å². The first-order valence-electron chi connectivity index (χ1n) is 7.77. The monoisotopic (exact) mass is 274 g/mol. The summed E-state index contributed by atoms with van der Waals surface area (Å²) in [4.78, 5) is 2.43. The first kappa shape index (κ1) is 13.9. The van der Waals surface area contributed by atoms with Gasteiger partial charge in [-0.1, -0.05) is 17.7 Å². The fourth-order valence-electron chi connectivity index (χ4n) is 3.66. The van der Waals surface area contributed by atoms with Gasteiger partial charge in [-0.2, -0.15) is 0 Å². The Morgan fingerprint density at radius 1 is 1.30 bits per heavy atom. The van der Waals surface area contributed by atoms with E-state index >= 15 is 0 Å². The third-order valence-electron chi connectivity index (χ3n) is 4.91. The quantitative estimate of drug-likeness (QED) is 0.852. The second-order valence-corrected chi connectivity index (χ2v) is 6.53. The van der Waals surface area contributed by atoms with E-state index in [9.17, 15) is 0 Å². The number of rotatable bonds is 1. The molecular weight excluding hydrogens is 248 g/mol. The molecule has 1 spiro atoms. The van der Waals surface area contributed by atoms with Crippen LogP contribution < -0.4 is 10.1 Å². The standard InChI is InChI=1S/C17H26N2O/c1-13-5-6-16-14(11-13)15(18-2)12-17(20-16)7-4-9-19(3)10-8-17/h5-6,11,15,18H,4,7-10,12H2,1-3H3. The van der Waals surface area contributed by atoms with E-state index in [-0.39, 0.29) is 5.60 Å². The van der Waals surface area contributed by atoms with Crippen LogP contribution in [0.1, 0.15) is 42.9 Å². The Labute approximate surface area is 122 Å². The van der Waals surface area contributed by atoms with Crippen molar-refractivity contribution in [1.29, 1.82) is 0 Å². The maximum Gasteiger partial charge on any atom is 0.124 e. The second kappa shape index (κ2) is 5.38. The van der Waals surface area contributed by atoms with Gasteiger partial charge in [0.1, 0.15) is 11.4 Å². The summed E-state index contributed by atoms with van der Waals surface area (Å²) >= 11 is 0. The van der Waals surface area contributed by atoms with E-state index in [2.05, 4.69) is 49.4 Å². The zero-order valence-corrected chi connectivity index (χ0v) is 12.9. The maximum atomic E-state index is 6.51. The minimum absolute atomic E-state index is 0.0285. The molecule has 0 aromatic heterocycles. The zero-order valence-electron chi connectivity index (χ0n) is 12.9. The van der Waals surface area contributed by atoms with Crippen molar-refractivity contribution in [2.45, 2.75) is 44.2 Å². The Bertz CT molecular complexity index is 488. The van der Waals surface area contributed by atoms with Crippen LogP contribution in [-0.4, -0.2) is 37.7 Å². The Hall–Kier alpha value is -1.06. The summed E-state index contributed by atoms with van der Waals surface area (Å²) in [6.07, 6.45) is 4.62. The summed E-state index contributed by atoms with van der Waals surface area (Å²) in [5, 5.41) is 3.50. The van der Waals surface area contributed by atoms with Crippen LogP contribution in [0.5, 0.6) is 5.75 Å². The molecule has 2 heterocycles. The smallest absolute Gasteiger partial charge is 0.124 e. The van der Waals surface area contributed by atoms with Gasteiger partial charge in [-0.05, 0) is 52.9 Å². The summed E-state index contributed by atoms with van der Waals surface area (Å²) in [6, 6.07) is 7.01. The third kappa shape index (κ3) is 2.57. The lowest BCUT2D eigenvalue weighted by molar-refractivity contribution is 0.0181. The average Bonchev–Trinajstić information content (AvgIpc) is 2.61. The van der Waals surface area contributed by atoms with Crippen LogP contribution in [-0.2, 0) is 0 Å². The van der Waals surface area contributed by atoms with Gasteiger partial charge in [-0.25, -0.2) is 0 Å². The Balaban J connectivity index is 1.92. The van der Waals surface area contributed by atoms with Gasteiger partial charge in [0.25, 0.3) is 0 Å². The lowest BCUT2D eigenvalue weighted by Crippen LogP contribution is -2.44. The number of fused-ring (bicyclic) bond motifs is 1. The van der Waals surface area contributed by atoms with Gasteiger partial charge < -0.3 is 15.0 Å². The molecule has 110 valence electrons. The van der Waals surface area contributed by atoms with Crippen LogP contribution >= 0.6 is 0 Å². The molecule has 1 aromatic carbocycles. The second-order valence-electron chi connectivity index (χ2n) is 6.53. The number of ether oxygens (including phenoxy) is 1. The highest BCUT2D eigenvalue weighted by atomic mass is 16.5. The Kier molecular flexibility index (Phi) is 3.74. The van der Waals surface area contributed by atoms with Crippen LogP contribution in [0.3, 0.4) is 0 Å². The first-order chi connectivity index (χ1) is 9.62. The highest BCUT2D eigenvalue weighted by Gasteiger charge is 2.41. The lowest BCUT2D eigenvalue weighted by atomic mass is 9.82. The summed E-state index contributed by atoms with van der Waals surface area (Å²) in [5.41, 5.74) is 2.67. The van der Waals surface area contributed by atoms with E-state index in [0.717, 1.165) is 25.1 Å². The van der Waals surface area contributed by atoms with Gasteiger partial charge in [-0.15, -0.1) is 0 Å². The van der Waals surface area contributed by atoms with Gasteiger partial charge in [0.05, 0.1) is 0 Å². The number of hydrogen-bond donors (Lipinski definition) is 1. The van der Waals surface area contributed by atoms with Crippen molar-refractivity contribution in [3.63, 3.8) is 0 Å². The van der Waals surface area contributed by atoms with Gasteiger partial charge in [0.15, 0.2) is 0 Å². The van der Waals surface area contributed by atoms with E-state index in [0.29, 0.717) is 6.04 Å². The van der Waals surface area contributed by atoms with Gasteiger partial charge in [0.2, 0.25) is 0 Å². The van der Waals surface area contributed by atoms with E-state index in [4.69, 9.17) is 4.74 Å². The molecule has 2 aliphatic rings.